The Morgan fingerprint density at radius 2 is 1.95 bits per heavy atom. The van der Waals surface area contributed by atoms with Crippen LogP contribution in [0.1, 0.15) is 12.0 Å². The molecule has 1 aliphatic heterocycles. The van der Waals surface area contributed by atoms with Gasteiger partial charge in [-0.3, -0.25) is 9.59 Å². The van der Waals surface area contributed by atoms with Crippen molar-refractivity contribution in [2.75, 3.05) is 11.4 Å². The number of carboxylic acid groups (broad SMARTS) is 1. The van der Waals surface area contributed by atoms with Crippen molar-refractivity contribution < 1.29 is 27.9 Å². The standard InChI is InChI=1S/C12H10F3NO3/c13-12(14,15)8-3-1-2-4-9(8)16-6-7(11(18)19)5-10(16)17/h1-4,7H,5-6H2,(H,18,19)/t7-/m1/s1. The van der Waals surface area contributed by atoms with Crippen molar-refractivity contribution in [2.24, 2.45) is 5.92 Å². The van der Waals surface area contributed by atoms with E-state index in [2.05, 4.69) is 0 Å². The highest BCUT2D eigenvalue weighted by atomic mass is 19.4. The van der Waals surface area contributed by atoms with Gasteiger partial charge in [0.15, 0.2) is 0 Å². The number of benzene rings is 1. The lowest BCUT2D eigenvalue weighted by Gasteiger charge is -2.21. The van der Waals surface area contributed by atoms with Gasteiger partial charge in [-0.1, -0.05) is 12.1 Å². The Balaban J connectivity index is 2.38. The van der Waals surface area contributed by atoms with Crippen LogP contribution in [0.3, 0.4) is 0 Å². The van der Waals surface area contributed by atoms with Crippen molar-refractivity contribution in [3.63, 3.8) is 0 Å². The molecule has 1 fully saturated rings. The van der Waals surface area contributed by atoms with Gasteiger partial charge in [0.25, 0.3) is 0 Å². The van der Waals surface area contributed by atoms with Crippen molar-refractivity contribution in [1.82, 2.24) is 0 Å². The fourth-order valence-corrected chi connectivity index (χ4v) is 2.05. The molecule has 4 nitrogen and oxygen atoms in total. The van der Waals surface area contributed by atoms with Crippen LogP contribution in [0, 0.1) is 5.92 Å². The number of carbonyl (C=O) groups excluding carboxylic acids is 1. The number of aliphatic carboxylic acids is 1. The molecule has 1 heterocycles. The van der Waals surface area contributed by atoms with Crippen LogP contribution in [0.15, 0.2) is 24.3 Å². The van der Waals surface area contributed by atoms with E-state index in [-0.39, 0.29) is 18.7 Å². The lowest BCUT2D eigenvalue weighted by molar-refractivity contribution is -0.141. The minimum Gasteiger partial charge on any atom is -0.481 e. The van der Waals surface area contributed by atoms with Crippen LogP contribution in [-0.4, -0.2) is 23.5 Å². The molecule has 0 bridgehead atoms. The first-order valence-electron chi connectivity index (χ1n) is 5.50. The third kappa shape index (κ3) is 2.54. The van der Waals surface area contributed by atoms with E-state index in [0.29, 0.717) is 0 Å². The summed E-state index contributed by atoms with van der Waals surface area (Å²) >= 11 is 0. The summed E-state index contributed by atoms with van der Waals surface area (Å²) in [5.74, 6) is -2.75. The number of carbonyl (C=O) groups is 2. The third-order valence-electron chi connectivity index (χ3n) is 2.97. The second kappa shape index (κ2) is 4.56. The van der Waals surface area contributed by atoms with Crippen molar-refractivity contribution >= 4 is 17.6 Å². The van der Waals surface area contributed by atoms with E-state index >= 15 is 0 Å². The zero-order valence-electron chi connectivity index (χ0n) is 9.65. The average molecular weight is 273 g/mol. The summed E-state index contributed by atoms with van der Waals surface area (Å²) in [4.78, 5) is 23.4. The van der Waals surface area contributed by atoms with Crippen LogP contribution in [0.25, 0.3) is 0 Å². The van der Waals surface area contributed by atoms with Gasteiger partial charge >= 0.3 is 12.1 Å². The highest BCUT2D eigenvalue weighted by molar-refractivity contribution is 5.99. The molecular formula is C12H10F3NO3. The molecule has 7 heteroatoms. The van der Waals surface area contributed by atoms with Crippen molar-refractivity contribution in [1.29, 1.82) is 0 Å². The molecule has 1 aliphatic rings. The maximum Gasteiger partial charge on any atom is 0.418 e. The number of anilines is 1. The Hall–Kier alpha value is -2.05. The summed E-state index contributed by atoms with van der Waals surface area (Å²) in [5, 5.41) is 8.82. The molecule has 1 atom stereocenters. The summed E-state index contributed by atoms with van der Waals surface area (Å²) in [6.07, 6.45) is -4.86. The molecule has 2 rings (SSSR count). The Morgan fingerprint density at radius 3 is 2.47 bits per heavy atom. The predicted molar refractivity (Wildman–Crippen MR) is 59.5 cm³/mol. The van der Waals surface area contributed by atoms with E-state index in [1.165, 1.54) is 18.2 Å². The quantitative estimate of drug-likeness (QED) is 0.898. The summed E-state index contributed by atoms with van der Waals surface area (Å²) in [6, 6.07) is 4.65. The summed E-state index contributed by atoms with van der Waals surface area (Å²) in [6.45, 7) is -0.235. The minimum absolute atomic E-state index is 0.235. The molecular weight excluding hydrogens is 263 g/mol. The average Bonchev–Trinajstić information content (AvgIpc) is 2.70. The van der Waals surface area contributed by atoms with Crippen molar-refractivity contribution in [2.45, 2.75) is 12.6 Å². The zero-order chi connectivity index (χ0) is 14.2. The molecule has 0 aromatic heterocycles. The van der Waals surface area contributed by atoms with Gasteiger partial charge in [0, 0.05) is 13.0 Å². The molecule has 1 amide bonds. The van der Waals surface area contributed by atoms with Gasteiger partial charge in [-0.25, -0.2) is 0 Å². The molecule has 102 valence electrons. The van der Waals surface area contributed by atoms with Crippen LogP contribution in [-0.2, 0) is 15.8 Å². The van der Waals surface area contributed by atoms with E-state index in [1.807, 2.05) is 0 Å². The monoisotopic (exact) mass is 273 g/mol. The van der Waals surface area contributed by atoms with Crippen LogP contribution in [0.2, 0.25) is 0 Å². The molecule has 1 aromatic carbocycles. The maximum atomic E-state index is 12.8. The van der Waals surface area contributed by atoms with Crippen LogP contribution in [0.5, 0.6) is 0 Å². The number of carboxylic acids is 1. The second-order valence-corrected chi connectivity index (χ2v) is 4.26. The van der Waals surface area contributed by atoms with Crippen LogP contribution < -0.4 is 4.90 Å². The number of rotatable bonds is 2. The molecule has 1 saturated heterocycles. The largest absolute Gasteiger partial charge is 0.481 e. The smallest absolute Gasteiger partial charge is 0.418 e. The van der Waals surface area contributed by atoms with E-state index < -0.39 is 29.5 Å². The van der Waals surface area contributed by atoms with Gasteiger partial charge in [-0.2, -0.15) is 13.2 Å². The molecule has 0 radical (unpaired) electrons. The second-order valence-electron chi connectivity index (χ2n) is 4.26. The molecule has 0 aliphatic carbocycles. The first-order valence-corrected chi connectivity index (χ1v) is 5.50. The lowest BCUT2D eigenvalue weighted by atomic mass is 10.1. The van der Waals surface area contributed by atoms with Crippen LogP contribution >= 0.6 is 0 Å². The van der Waals surface area contributed by atoms with Gasteiger partial charge in [0.1, 0.15) is 0 Å². The van der Waals surface area contributed by atoms with Crippen molar-refractivity contribution in [3.05, 3.63) is 29.8 Å². The summed E-state index contributed by atoms with van der Waals surface area (Å²) < 4.78 is 38.5. The highest BCUT2D eigenvalue weighted by Crippen LogP contribution is 2.38. The number of alkyl halides is 3. The lowest BCUT2D eigenvalue weighted by Crippen LogP contribution is -2.28. The Morgan fingerprint density at radius 1 is 1.32 bits per heavy atom. The highest BCUT2D eigenvalue weighted by Gasteiger charge is 2.40. The zero-order valence-corrected chi connectivity index (χ0v) is 9.65. The van der Waals surface area contributed by atoms with E-state index in [0.717, 1.165) is 11.0 Å². The third-order valence-corrected chi connectivity index (χ3v) is 2.97. The van der Waals surface area contributed by atoms with Gasteiger partial charge in [-0.15, -0.1) is 0 Å². The fraction of sp³-hybridized carbons (Fsp3) is 0.333. The first-order chi connectivity index (χ1) is 8.80. The maximum absolute atomic E-state index is 12.8. The minimum atomic E-state index is -4.59. The topological polar surface area (TPSA) is 57.6 Å². The van der Waals surface area contributed by atoms with E-state index in [9.17, 15) is 22.8 Å². The first kappa shape index (κ1) is 13.4. The molecule has 0 saturated carbocycles. The normalized spacial score (nSPS) is 19.8. The number of amides is 1. The SMILES string of the molecule is O=C(O)[C@@H]1CC(=O)N(c2ccccc2C(F)(F)F)C1. The molecule has 0 spiro atoms. The van der Waals surface area contributed by atoms with Gasteiger partial charge in [-0.05, 0) is 12.1 Å². The fourth-order valence-electron chi connectivity index (χ4n) is 2.05. The molecule has 0 unspecified atom stereocenters. The number of nitrogens with zero attached hydrogens (tertiary/aromatic N) is 1. The van der Waals surface area contributed by atoms with E-state index in [1.54, 1.807) is 0 Å². The number of halogens is 3. The summed E-state index contributed by atoms with van der Waals surface area (Å²) in [7, 11) is 0. The van der Waals surface area contributed by atoms with Crippen molar-refractivity contribution in [3.8, 4) is 0 Å². The Bertz CT molecular complexity index is 527. The number of para-hydroxylation sites is 1. The molecule has 19 heavy (non-hydrogen) atoms. The number of hydrogen-bond acceptors (Lipinski definition) is 2. The Labute approximate surface area is 106 Å². The predicted octanol–water partition coefficient (Wildman–Crippen LogP) is 2.14. The van der Waals surface area contributed by atoms with Gasteiger partial charge < -0.3 is 10.0 Å². The number of hydrogen-bond donors (Lipinski definition) is 1. The van der Waals surface area contributed by atoms with Gasteiger partial charge in [0.2, 0.25) is 5.91 Å². The molecule has 1 aromatic rings. The Kier molecular flexibility index (Phi) is 3.21. The summed E-state index contributed by atoms with van der Waals surface area (Å²) in [5.41, 5.74) is -1.22. The van der Waals surface area contributed by atoms with Crippen LogP contribution in [0.4, 0.5) is 18.9 Å². The van der Waals surface area contributed by atoms with Gasteiger partial charge in [0.05, 0.1) is 17.2 Å². The molecule has 1 N–H and O–H groups in total. The van der Waals surface area contributed by atoms with E-state index in [4.69, 9.17) is 5.11 Å².